The van der Waals surface area contributed by atoms with Gasteiger partial charge in [0.05, 0.1) is 10.5 Å². The van der Waals surface area contributed by atoms with E-state index in [2.05, 4.69) is 14.7 Å². The number of hydrogen-bond donors (Lipinski definition) is 0. The van der Waals surface area contributed by atoms with Crippen molar-refractivity contribution in [1.29, 1.82) is 0 Å². The van der Waals surface area contributed by atoms with Crippen molar-refractivity contribution in [2.24, 2.45) is 0 Å². The van der Waals surface area contributed by atoms with Crippen LogP contribution in [0, 0.1) is 10.1 Å². The van der Waals surface area contributed by atoms with Gasteiger partial charge in [0.2, 0.25) is 12.2 Å². The van der Waals surface area contributed by atoms with Gasteiger partial charge in [-0.3, -0.25) is 10.1 Å². The first-order valence-electron chi connectivity index (χ1n) is 4.52. The van der Waals surface area contributed by atoms with Gasteiger partial charge in [0.25, 0.3) is 5.69 Å². The van der Waals surface area contributed by atoms with Gasteiger partial charge in [-0.05, 0) is 6.07 Å². The highest BCUT2D eigenvalue weighted by atomic mass is 19.4. The van der Waals surface area contributed by atoms with Gasteiger partial charge in [-0.1, -0.05) is 5.16 Å². The topological polar surface area (TPSA) is 82.1 Å². The SMILES string of the molecule is O=[N+]([O-])c1ccc(-c2ncon2)c(C(F)(F)F)c1. The minimum absolute atomic E-state index is 0.280. The number of halogens is 3. The van der Waals surface area contributed by atoms with Crippen molar-refractivity contribution in [1.82, 2.24) is 10.1 Å². The van der Waals surface area contributed by atoms with Gasteiger partial charge in [-0.15, -0.1) is 0 Å². The molecule has 18 heavy (non-hydrogen) atoms. The van der Waals surface area contributed by atoms with Crippen LogP contribution in [0.15, 0.2) is 29.1 Å². The van der Waals surface area contributed by atoms with E-state index < -0.39 is 22.4 Å². The highest BCUT2D eigenvalue weighted by Gasteiger charge is 2.36. The third-order valence-corrected chi connectivity index (χ3v) is 2.12. The van der Waals surface area contributed by atoms with Gasteiger partial charge in [0, 0.05) is 17.7 Å². The standard InChI is InChI=1S/C9H4F3N3O3/c10-9(11,12)7-3-5(15(16)17)1-2-6(7)8-13-4-18-14-8/h1-4H. The summed E-state index contributed by atoms with van der Waals surface area (Å²) in [7, 11) is 0. The van der Waals surface area contributed by atoms with E-state index in [1.54, 1.807) is 0 Å². The zero-order chi connectivity index (χ0) is 13.3. The summed E-state index contributed by atoms with van der Waals surface area (Å²) in [5.74, 6) is -0.280. The normalized spacial score (nSPS) is 11.5. The van der Waals surface area contributed by atoms with Crippen LogP contribution >= 0.6 is 0 Å². The fourth-order valence-corrected chi connectivity index (χ4v) is 1.36. The second-order valence-corrected chi connectivity index (χ2v) is 3.24. The lowest BCUT2D eigenvalue weighted by Gasteiger charge is -2.09. The molecule has 1 aromatic carbocycles. The molecule has 2 rings (SSSR count). The van der Waals surface area contributed by atoms with Crippen LogP contribution in [0.1, 0.15) is 5.56 Å². The van der Waals surface area contributed by atoms with Gasteiger partial charge in [0.1, 0.15) is 0 Å². The van der Waals surface area contributed by atoms with Crippen molar-refractivity contribution in [3.8, 4) is 11.4 Å². The van der Waals surface area contributed by atoms with Crippen molar-refractivity contribution in [3.63, 3.8) is 0 Å². The third-order valence-electron chi connectivity index (χ3n) is 2.12. The van der Waals surface area contributed by atoms with E-state index in [9.17, 15) is 23.3 Å². The molecule has 0 radical (unpaired) electrons. The Morgan fingerprint density at radius 3 is 2.56 bits per heavy atom. The van der Waals surface area contributed by atoms with Crippen LogP contribution in [-0.4, -0.2) is 15.1 Å². The maximum atomic E-state index is 12.8. The highest BCUT2D eigenvalue weighted by Crippen LogP contribution is 2.37. The molecule has 0 saturated heterocycles. The molecule has 2 aromatic rings. The first-order valence-corrected chi connectivity index (χ1v) is 4.52. The Balaban J connectivity index is 2.64. The van der Waals surface area contributed by atoms with Crippen LogP contribution in [0.5, 0.6) is 0 Å². The number of hydrogen-bond acceptors (Lipinski definition) is 5. The van der Waals surface area contributed by atoms with Crippen LogP contribution in [-0.2, 0) is 6.18 Å². The van der Waals surface area contributed by atoms with Gasteiger partial charge in [-0.2, -0.15) is 18.2 Å². The molecule has 0 bridgehead atoms. The molecule has 0 aliphatic carbocycles. The Labute approximate surface area is 97.2 Å². The quantitative estimate of drug-likeness (QED) is 0.611. The maximum Gasteiger partial charge on any atom is 0.417 e. The molecule has 0 fully saturated rings. The smallest absolute Gasteiger partial charge is 0.342 e. The second kappa shape index (κ2) is 4.09. The van der Waals surface area contributed by atoms with Gasteiger partial charge in [0.15, 0.2) is 0 Å². The zero-order valence-electron chi connectivity index (χ0n) is 8.51. The summed E-state index contributed by atoms with van der Waals surface area (Å²) in [6.07, 6.45) is -3.88. The number of alkyl halides is 3. The van der Waals surface area contributed by atoms with Crippen molar-refractivity contribution in [3.05, 3.63) is 40.3 Å². The summed E-state index contributed by atoms with van der Waals surface area (Å²) in [5, 5.41) is 13.7. The molecule has 94 valence electrons. The van der Waals surface area contributed by atoms with E-state index in [4.69, 9.17) is 0 Å². The largest absolute Gasteiger partial charge is 0.417 e. The lowest BCUT2D eigenvalue weighted by atomic mass is 10.1. The van der Waals surface area contributed by atoms with Crippen LogP contribution in [0.3, 0.4) is 0 Å². The molecular weight excluding hydrogens is 255 g/mol. The van der Waals surface area contributed by atoms with E-state index in [0.717, 1.165) is 18.5 Å². The molecule has 0 aliphatic rings. The van der Waals surface area contributed by atoms with Crippen molar-refractivity contribution in [2.75, 3.05) is 0 Å². The molecule has 0 N–H and O–H groups in total. The van der Waals surface area contributed by atoms with Crippen molar-refractivity contribution in [2.45, 2.75) is 6.18 Å². The van der Waals surface area contributed by atoms with E-state index >= 15 is 0 Å². The van der Waals surface area contributed by atoms with Crippen molar-refractivity contribution >= 4 is 5.69 Å². The summed E-state index contributed by atoms with van der Waals surface area (Å²) < 4.78 is 42.7. The Kier molecular flexibility index (Phi) is 2.73. The lowest BCUT2D eigenvalue weighted by Crippen LogP contribution is -2.08. The highest BCUT2D eigenvalue weighted by molar-refractivity contribution is 5.63. The molecule has 9 heteroatoms. The Morgan fingerprint density at radius 2 is 2.06 bits per heavy atom. The summed E-state index contributed by atoms with van der Waals surface area (Å²) in [6.45, 7) is 0. The molecule has 0 saturated carbocycles. The predicted molar refractivity (Wildman–Crippen MR) is 51.4 cm³/mol. The summed E-state index contributed by atoms with van der Waals surface area (Å²) in [6, 6.07) is 2.32. The molecule has 1 aromatic heterocycles. The van der Waals surface area contributed by atoms with Crippen LogP contribution < -0.4 is 0 Å². The van der Waals surface area contributed by atoms with Gasteiger partial charge < -0.3 is 4.52 Å². The van der Waals surface area contributed by atoms with E-state index in [1.165, 1.54) is 0 Å². The van der Waals surface area contributed by atoms with Crippen molar-refractivity contribution < 1.29 is 22.6 Å². The van der Waals surface area contributed by atoms with E-state index in [-0.39, 0.29) is 11.4 Å². The average molecular weight is 259 g/mol. The number of rotatable bonds is 2. The summed E-state index contributed by atoms with van der Waals surface area (Å²) in [5.41, 5.74) is -2.21. The zero-order valence-corrected chi connectivity index (χ0v) is 8.51. The average Bonchev–Trinajstić information content (AvgIpc) is 2.80. The maximum absolute atomic E-state index is 12.8. The van der Waals surface area contributed by atoms with E-state index in [0.29, 0.717) is 6.07 Å². The predicted octanol–water partition coefficient (Wildman–Crippen LogP) is 2.66. The Morgan fingerprint density at radius 1 is 1.33 bits per heavy atom. The number of nitro groups is 1. The fraction of sp³-hybridized carbons (Fsp3) is 0.111. The van der Waals surface area contributed by atoms with E-state index in [1.807, 2.05) is 0 Å². The van der Waals surface area contributed by atoms with Crippen LogP contribution in [0.4, 0.5) is 18.9 Å². The van der Waals surface area contributed by atoms with Gasteiger partial charge in [-0.25, -0.2) is 0 Å². The molecular formula is C9H4F3N3O3. The molecule has 6 nitrogen and oxygen atoms in total. The summed E-state index contributed by atoms with van der Waals surface area (Å²) in [4.78, 5) is 13.0. The minimum Gasteiger partial charge on any atom is -0.342 e. The molecule has 1 heterocycles. The molecule has 0 spiro atoms. The monoisotopic (exact) mass is 259 g/mol. The number of nitrogens with zero attached hydrogens (tertiary/aromatic N) is 3. The fourth-order valence-electron chi connectivity index (χ4n) is 1.36. The lowest BCUT2D eigenvalue weighted by molar-refractivity contribution is -0.385. The second-order valence-electron chi connectivity index (χ2n) is 3.24. The summed E-state index contributed by atoms with van der Waals surface area (Å²) >= 11 is 0. The Bertz CT molecular complexity index is 580. The first kappa shape index (κ1) is 12.0. The molecule has 0 unspecified atom stereocenters. The number of nitro benzene ring substituents is 1. The minimum atomic E-state index is -4.75. The number of non-ortho nitro benzene ring substituents is 1. The number of benzene rings is 1. The number of aromatic nitrogens is 2. The van der Waals surface area contributed by atoms with Crippen LogP contribution in [0.2, 0.25) is 0 Å². The first-order chi connectivity index (χ1) is 8.39. The molecule has 0 atom stereocenters. The van der Waals surface area contributed by atoms with Gasteiger partial charge >= 0.3 is 6.18 Å². The molecule has 0 amide bonds. The Hall–Kier alpha value is -2.45. The van der Waals surface area contributed by atoms with Crippen LogP contribution in [0.25, 0.3) is 11.4 Å². The third kappa shape index (κ3) is 2.14. The molecule has 0 aliphatic heterocycles.